The van der Waals surface area contributed by atoms with Crippen LogP contribution in [0.25, 0.3) is 0 Å². The van der Waals surface area contributed by atoms with Crippen LogP contribution in [0.3, 0.4) is 0 Å². The molecule has 0 aromatic heterocycles. The highest BCUT2D eigenvalue weighted by atomic mass is 16.5. The molecule has 1 aliphatic heterocycles. The third kappa shape index (κ3) is 2.57. The second-order valence-corrected chi connectivity index (χ2v) is 5.42. The van der Waals surface area contributed by atoms with E-state index in [0.29, 0.717) is 0 Å². The van der Waals surface area contributed by atoms with Crippen molar-refractivity contribution >= 4 is 5.69 Å². The van der Waals surface area contributed by atoms with Gasteiger partial charge in [-0.1, -0.05) is 18.2 Å². The number of phenolic OH excluding ortho intramolecular Hbond substituents is 1. The minimum absolute atomic E-state index is 0.120. The molecule has 2 N–H and O–H groups in total. The summed E-state index contributed by atoms with van der Waals surface area (Å²) in [6.45, 7) is 5.01. The molecule has 1 heterocycles. The Morgan fingerprint density at radius 2 is 2.00 bits per heavy atom. The standard InChI is InChI=1S/C17H19NO2/c1-11-3-4-13(7-12(11)2)8-15-10-18-16-9-14(19)5-6-17(16)20-15/h3-7,9,15,18-19H,8,10H2,1-2H3. The van der Waals surface area contributed by atoms with Crippen LogP contribution in [-0.2, 0) is 6.42 Å². The zero-order chi connectivity index (χ0) is 14.1. The van der Waals surface area contributed by atoms with Gasteiger partial charge in [0.2, 0.25) is 0 Å². The van der Waals surface area contributed by atoms with Crippen LogP contribution in [0, 0.1) is 13.8 Å². The van der Waals surface area contributed by atoms with Crippen molar-refractivity contribution in [2.75, 3.05) is 11.9 Å². The van der Waals surface area contributed by atoms with Gasteiger partial charge in [-0.25, -0.2) is 0 Å². The van der Waals surface area contributed by atoms with Gasteiger partial charge in [0.1, 0.15) is 17.6 Å². The fourth-order valence-corrected chi connectivity index (χ4v) is 2.51. The molecule has 20 heavy (non-hydrogen) atoms. The number of nitrogens with one attached hydrogen (secondary N) is 1. The summed E-state index contributed by atoms with van der Waals surface area (Å²) in [6.07, 6.45) is 1.00. The lowest BCUT2D eigenvalue weighted by Gasteiger charge is -2.27. The summed E-state index contributed by atoms with van der Waals surface area (Å²) in [7, 11) is 0. The monoisotopic (exact) mass is 269 g/mol. The van der Waals surface area contributed by atoms with Gasteiger partial charge in [-0.15, -0.1) is 0 Å². The Kier molecular flexibility index (Phi) is 3.26. The number of anilines is 1. The van der Waals surface area contributed by atoms with Crippen molar-refractivity contribution < 1.29 is 9.84 Å². The molecule has 0 radical (unpaired) electrons. The normalized spacial score (nSPS) is 17.0. The summed E-state index contributed by atoms with van der Waals surface area (Å²) in [5, 5.41) is 12.8. The van der Waals surface area contributed by atoms with Crippen LogP contribution in [0.1, 0.15) is 16.7 Å². The minimum atomic E-state index is 0.120. The van der Waals surface area contributed by atoms with Crippen molar-refractivity contribution in [2.24, 2.45) is 0 Å². The number of rotatable bonds is 2. The van der Waals surface area contributed by atoms with E-state index in [0.717, 1.165) is 24.4 Å². The number of hydrogen-bond acceptors (Lipinski definition) is 3. The van der Waals surface area contributed by atoms with Gasteiger partial charge in [-0.05, 0) is 42.7 Å². The summed E-state index contributed by atoms with van der Waals surface area (Å²) >= 11 is 0. The molecule has 0 saturated carbocycles. The van der Waals surface area contributed by atoms with Crippen LogP contribution in [-0.4, -0.2) is 17.8 Å². The van der Waals surface area contributed by atoms with Gasteiger partial charge in [0.15, 0.2) is 0 Å². The van der Waals surface area contributed by atoms with E-state index < -0.39 is 0 Å². The quantitative estimate of drug-likeness (QED) is 0.877. The molecule has 0 amide bonds. The Morgan fingerprint density at radius 3 is 2.80 bits per heavy atom. The lowest BCUT2D eigenvalue weighted by Crippen LogP contribution is -2.32. The van der Waals surface area contributed by atoms with E-state index in [1.807, 2.05) is 6.07 Å². The van der Waals surface area contributed by atoms with E-state index in [2.05, 4.69) is 37.4 Å². The van der Waals surface area contributed by atoms with Gasteiger partial charge in [0.05, 0.1) is 12.2 Å². The molecule has 3 nitrogen and oxygen atoms in total. The van der Waals surface area contributed by atoms with Gasteiger partial charge in [0, 0.05) is 12.5 Å². The zero-order valence-corrected chi connectivity index (χ0v) is 11.8. The average molecular weight is 269 g/mol. The van der Waals surface area contributed by atoms with E-state index >= 15 is 0 Å². The average Bonchev–Trinajstić information content (AvgIpc) is 2.43. The highest BCUT2D eigenvalue weighted by Gasteiger charge is 2.19. The molecule has 2 aromatic carbocycles. The fraction of sp³-hybridized carbons (Fsp3) is 0.294. The second-order valence-electron chi connectivity index (χ2n) is 5.42. The summed E-state index contributed by atoms with van der Waals surface area (Å²) in [5.74, 6) is 1.07. The second kappa shape index (κ2) is 5.08. The number of fused-ring (bicyclic) bond motifs is 1. The number of hydrogen-bond donors (Lipinski definition) is 2. The summed E-state index contributed by atoms with van der Waals surface area (Å²) in [5.41, 5.74) is 4.79. The third-order valence-electron chi connectivity index (χ3n) is 3.81. The summed E-state index contributed by atoms with van der Waals surface area (Å²) in [6, 6.07) is 11.7. The van der Waals surface area contributed by atoms with Crippen LogP contribution in [0.4, 0.5) is 5.69 Å². The third-order valence-corrected chi connectivity index (χ3v) is 3.81. The molecule has 104 valence electrons. The maximum absolute atomic E-state index is 9.45. The van der Waals surface area contributed by atoms with Crippen molar-refractivity contribution in [3.05, 3.63) is 53.1 Å². The maximum Gasteiger partial charge on any atom is 0.143 e. The van der Waals surface area contributed by atoms with Gasteiger partial charge >= 0.3 is 0 Å². The van der Waals surface area contributed by atoms with Crippen LogP contribution in [0.5, 0.6) is 11.5 Å². The molecular weight excluding hydrogens is 250 g/mol. The van der Waals surface area contributed by atoms with Crippen molar-refractivity contribution in [2.45, 2.75) is 26.4 Å². The number of aryl methyl sites for hydroxylation is 2. The topological polar surface area (TPSA) is 41.5 Å². The maximum atomic E-state index is 9.45. The predicted molar refractivity (Wildman–Crippen MR) is 80.6 cm³/mol. The molecule has 0 bridgehead atoms. The molecule has 0 fully saturated rings. The molecule has 2 aromatic rings. The van der Waals surface area contributed by atoms with E-state index in [1.165, 1.54) is 16.7 Å². The highest BCUT2D eigenvalue weighted by molar-refractivity contribution is 5.60. The Hall–Kier alpha value is -2.16. The first-order valence-electron chi connectivity index (χ1n) is 6.91. The largest absolute Gasteiger partial charge is 0.508 e. The zero-order valence-electron chi connectivity index (χ0n) is 11.8. The molecule has 1 atom stereocenters. The van der Waals surface area contributed by atoms with Crippen LogP contribution in [0.15, 0.2) is 36.4 Å². The molecule has 1 unspecified atom stereocenters. The summed E-state index contributed by atoms with van der Waals surface area (Å²) < 4.78 is 5.99. The van der Waals surface area contributed by atoms with Crippen molar-refractivity contribution in [1.82, 2.24) is 0 Å². The fourth-order valence-electron chi connectivity index (χ4n) is 2.51. The first-order valence-corrected chi connectivity index (χ1v) is 6.91. The number of benzene rings is 2. The Labute approximate surface area is 119 Å². The Morgan fingerprint density at radius 1 is 1.15 bits per heavy atom. The van der Waals surface area contributed by atoms with Gasteiger partial charge in [-0.3, -0.25) is 0 Å². The molecule has 0 aliphatic carbocycles. The van der Waals surface area contributed by atoms with Gasteiger partial charge in [0.25, 0.3) is 0 Å². The molecule has 3 heteroatoms. The summed E-state index contributed by atoms with van der Waals surface area (Å²) in [4.78, 5) is 0. The van der Waals surface area contributed by atoms with Crippen molar-refractivity contribution in [1.29, 1.82) is 0 Å². The minimum Gasteiger partial charge on any atom is -0.508 e. The molecular formula is C17H19NO2. The first kappa shape index (κ1) is 12.9. The lowest BCUT2D eigenvalue weighted by molar-refractivity contribution is 0.206. The lowest BCUT2D eigenvalue weighted by atomic mass is 10.0. The van der Waals surface area contributed by atoms with E-state index in [1.54, 1.807) is 12.1 Å². The van der Waals surface area contributed by atoms with E-state index in [9.17, 15) is 5.11 Å². The number of aromatic hydroxyl groups is 1. The van der Waals surface area contributed by atoms with Gasteiger partial charge in [-0.2, -0.15) is 0 Å². The highest BCUT2D eigenvalue weighted by Crippen LogP contribution is 2.32. The van der Waals surface area contributed by atoms with Crippen molar-refractivity contribution in [3.63, 3.8) is 0 Å². The Bertz CT molecular complexity index is 637. The SMILES string of the molecule is Cc1ccc(CC2CNc3cc(O)ccc3O2)cc1C. The van der Waals surface area contributed by atoms with Crippen LogP contribution >= 0.6 is 0 Å². The van der Waals surface area contributed by atoms with Gasteiger partial charge < -0.3 is 15.2 Å². The Balaban J connectivity index is 1.74. The first-order chi connectivity index (χ1) is 9.61. The molecule has 0 spiro atoms. The number of ether oxygens (including phenoxy) is 1. The molecule has 0 saturated heterocycles. The van der Waals surface area contributed by atoms with E-state index in [-0.39, 0.29) is 11.9 Å². The van der Waals surface area contributed by atoms with Crippen molar-refractivity contribution in [3.8, 4) is 11.5 Å². The predicted octanol–water partition coefficient (Wildman–Crippen LogP) is 3.42. The molecule has 1 aliphatic rings. The van der Waals surface area contributed by atoms with Crippen LogP contribution < -0.4 is 10.1 Å². The van der Waals surface area contributed by atoms with Crippen LogP contribution in [0.2, 0.25) is 0 Å². The smallest absolute Gasteiger partial charge is 0.143 e. The van der Waals surface area contributed by atoms with E-state index in [4.69, 9.17) is 4.74 Å². The molecule has 3 rings (SSSR count). The number of phenols is 1.